The van der Waals surface area contributed by atoms with Crippen LogP contribution in [0.5, 0.6) is 0 Å². The van der Waals surface area contributed by atoms with Crippen LogP contribution in [0.1, 0.15) is 35.9 Å². The largest absolute Gasteiger partial charge is 0.461 e. The van der Waals surface area contributed by atoms with E-state index in [1.54, 1.807) is 13.3 Å². The number of aromatic nitrogens is 2. The zero-order valence-electron chi connectivity index (χ0n) is 13.1. The summed E-state index contributed by atoms with van der Waals surface area (Å²) in [7, 11) is 0. The van der Waals surface area contributed by atoms with E-state index in [1.807, 2.05) is 41.8 Å². The minimum atomic E-state index is -3.59. The predicted octanol–water partition coefficient (Wildman–Crippen LogP) is 3.55. The number of nitrogens with zero attached hydrogens (tertiary/aromatic N) is 2. The number of imidazole rings is 1. The Morgan fingerprint density at radius 3 is 2.50 bits per heavy atom. The van der Waals surface area contributed by atoms with Crippen molar-refractivity contribution < 1.29 is 23.0 Å². The summed E-state index contributed by atoms with van der Waals surface area (Å²) in [5.74, 6) is -0.335. The Morgan fingerprint density at radius 2 is 2.00 bits per heavy atom. The number of esters is 1. The normalized spacial score (nSPS) is 14.0. The molecule has 0 fully saturated rings. The van der Waals surface area contributed by atoms with Crippen LogP contribution >= 0.6 is 32.0 Å². The van der Waals surface area contributed by atoms with E-state index in [4.69, 9.17) is 9.63 Å². The SMILES string of the molecule is CCOC(=O)c1cncn1C(C)c1ccccc1.O=P(O)(S)OS. The van der Waals surface area contributed by atoms with Crippen LogP contribution in [0.15, 0.2) is 42.9 Å². The molecular formula is C14H19N2O5PS2. The predicted molar refractivity (Wildman–Crippen MR) is 97.3 cm³/mol. The lowest BCUT2D eigenvalue weighted by atomic mass is 10.1. The average Bonchev–Trinajstić information content (AvgIpc) is 3.05. The van der Waals surface area contributed by atoms with Gasteiger partial charge in [0.25, 0.3) is 0 Å². The van der Waals surface area contributed by atoms with Crippen molar-refractivity contribution in [3.8, 4) is 0 Å². The van der Waals surface area contributed by atoms with Gasteiger partial charge in [0.2, 0.25) is 0 Å². The van der Waals surface area contributed by atoms with Gasteiger partial charge in [-0.2, -0.15) is 0 Å². The standard InChI is InChI=1S/C14H16N2O2.H3O3PS2/c1-3-18-14(17)13-9-15-10-16(13)11(2)12-7-5-4-6-8-12;1-4(2,6)3-5/h4-11H,3H2,1-2H3;5H,(H2,1,2,6). The van der Waals surface area contributed by atoms with E-state index in [9.17, 15) is 9.36 Å². The molecule has 1 aromatic heterocycles. The Morgan fingerprint density at radius 1 is 1.42 bits per heavy atom. The fourth-order valence-corrected chi connectivity index (χ4v) is 1.87. The Balaban J connectivity index is 0.000000413. The lowest BCUT2D eigenvalue weighted by molar-refractivity contribution is 0.0512. The van der Waals surface area contributed by atoms with Gasteiger partial charge in [-0.05, 0) is 32.3 Å². The first-order chi connectivity index (χ1) is 11.3. The highest BCUT2D eigenvalue weighted by molar-refractivity contribution is 8.45. The highest BCUT2D eigenvalue weighted by Gasteiger charge is 2.17. The molecule has 1 aromatic carbocycles. The van der Waals surface area contributed by atoms with Crippen molar-refractivity contribution in [1.29, 1.82) is 0 Å². The summed E-state index contributed by atoms with van der Waals surface area (Å²) in [5.41, 5.74) is 1.61. The number of carbonyl (C=O) groups is 1. The van der Waals surface area contributed by atoms with Crippen molar-refractivity contribution in [2.45, 2.75) is 19.9 Å². The fourth-order valence-electron chi connectivity index (χ4n) is 1.87. The Bertz CT molecular complexity index is 689. The van der Waals surface area contributed by atoms with E-state index in [2.05, 4.69) is 34.1 Å². The first-order valence-corrected chi connectivity index (χ1v) is 10.0. The molecular weight excluding hydrogens is 371 g/mol. The summed E-state index contributed by atoms with van der Waals surface area (Å²) < 4.78 is 20.2. The maximum Gasteiger partial charge on any atom is 0.394 e. The fraction of sp³-hybridized carbons (Fsp3) is 0.286. The molecule has 0 aliphatic rings. The third-order valence-corrected chi connectivity index (χ3v) is 4.46. The maximum atomic E-state index is 11.8. The van der Waals surface area contributed by atoms with E-state index < -0.39 is 6.80 Å². The summed E-state index contributed by atoms with van der Waals surface area (Å²) in [6.07, 6.45) is 3.20. The van der Waals surface area contributed by atoms with Gasteiger partial charge in [-0.25, -0.2) is 18.3 Å². The van der Waals surface area contributed by atoms with Gasteiger partial charge in [0.1, 0.15) is 5.69 Å². The number of benzene rings is 1. The van der Waals surface area contributed by atoms with Crippen molar-refractivity contribution in [2.24, 2.45) is 0 Å². The Labute approximate surface area is 151 Å². The maximum absolute atomic E-state index is 11.8. The van der Waals surface area contributed by atoms with Crippen LogP contribution in [-0.2, 0) is 13.3 Å². The number of thiol groups is 2. The van der Waals surface area contributed by atoms with Crippen LogP contribution in [-0.4, -0.2) is 27.0 Å². The van der Waals surface area contributed by atoms with Gasteiger partial charge in [0.15, 0.2) is 0 Å². The van der Waals surface area contributed by atoms with Crippen molar-refractivity contribution in [2.75, 3.05) is 6.61 Å². The molecule has 24 heavy (non-hydrogen) atoms. The summed E-state index contributed by atoms with van der Waals surface area (Å²) in [4.78, 5) is 23.8. The van der Waals surface area contributed by atoms with Crippen LogP contribution < -0.4 is 0 Å². The van der Waals surface area contributed by atoms with E-state index in [1.165, 1.54) is 6.20 Å². The van der Waals surface area contributed by atoms with Gasteiger partial charge < -0.3 is 14.2 Å². The third kappa shape index (κ3) is 6.70. The van der Waals surface area contributed by atoms with Crippen molar-refractivity contribution in [1.82, 2.24) is 9.55 Å². The molecule has 2 unspecified atom stereocenters. The minimum Gasteiger partial charge on any atom is -0.461 e. The number of hydrogen-bond donors (Lipinski definition) is 3. The summed E-state index contributed by atoms with van der Waals surface area (Å²) >= 11 is 6.08. The molecule has 0 radical (unpaired) electrons. The Hall–Kier alpha value is -1.25. The van der Waals surface area contributed by atoms with Crippen molar-refractivity contribution >= 4 is 37.9 Å². The van der Waals surface area contributed by atoms with Crippen LogP contribution in [0.2, 0.25) is 0 Å². The lowest BCUT2D eigenvalue weighted by Gasteiger charge is -2.16. The zero-order valence-corrected chi connectivity index (χ0v) is 15.8. The number of carbonyl (C=O) groups excluding carboxylic acids is 1. The van der Waals surface area contributed by atoms with Gasteiger partial charge >= 0.3 is 12.8 Å². The Kier molecular flexibility index (Phi) is 8.58. The number of hydrogen-bond acceptors (Lipinski definition) is 6. The van der Waals surface area contributed by atoms with E-state index in [0.29, 0.717) is 12.3 Å². The molecule has 2 rings (SSSR count). The molecule has 0 saturated carbocycles. The molecule has 2 atom stereocenters. The molecule has 0 aliphatic heterocycles. The molecule has 0 amide bonds. The zero-order chi connectivity index (χ0) is 18.2. The molecule has 2 aromatic rings. The second-order valence-corrected chi connectivity index (χ2v) is 7.72. The average molecular weight is 390 g/mol. The molecule has 1 N–H and O–H groups in total. The van der Waals surface area contributed by atoms with Crippen molar-refractivity contribution in [3.63, 3.8) is 0 Å². The van der Waals surface area contributed by atoms with Gasteiger partial charge in [0, 0.05) is 0 Å². The molecule has 0 spiro atoms. The summed E-state index contributed by atoms with van der Waals surface area (Å²) in [6, 6.07) is 10.0. The molecule has 0 saturated heterocycles. The van der Waals surface area contributed by atoms with E-state index in [-0.39, 0.29) is 12.0 Å². The molecule has 7 nitrogen and oxygen atoms in total. The molecule has 0 aliphatic carbocycles. The van der Waals surface area contributed by atoms with E-state index in [0.717, 1.165) is 5.56 Å². The molecule has 10 heteroatoms. The smallest absolute Gasteiger partial charge is 0.394 e. The van der Waals surface area contributed by atoms with Crippen LogP contribution in [0.25, 0.3) is 0 Å². The molecule has 1 heterocycles. The van der Waals surface area contributed by atoms with Crippen LogP contribution in [0.4, 0.5) is 0 Å². The number of rotatable bonds is 5. The first-order valence-electron chi connectivity index (χ1n) is 6.92. The summed E-state index contributed by atoms with van der Waals surface area (Å²) in [6.45, 7) is 0.595. The monoisotopic (exact) mass is 390 g/mol. The first kappa shape index (κ1) is 20.8. The van der Waals surface area contributed by atoms with Gasteiger partial charge in [0.05, 0.1) is 25.2 Å². The third-order valence-electron chi connectivity index (χ3n) is 2.96. The van der Waals surface area contributed by atoms with E-state index >= 15 is 0 Å². The highest BCUT2D eigenvalue weighted by atomic mass is 32.7. The second-order valence-electron chi connectivity index (χ2n) is 4.57. The highest BCUT2D eigenvalue weighted by Crippen LogP contribution is 2.47. The van der Waals surface area contributed by atoms with Crippen molar-refractivity contribution in [3.05, 3.63) is 54.1 Å². The lowest BCUT2D eigenvalue weighted by Crippen LogP contribution is -2.15. The van der Waals surface area contributed by atoms with Gasteiger partial charge in [-0.1, -0.05) is 42.6 Å². The van der Waals surface area contributed by atoms with Crippen LogP contribution in [0.3, 0.4) is 0 Å². The van der Waals surface area contributed by atoms with Gasteiger partial charge in [-0.3, -0.25) is 0 Å². The summed E-state index contributed by atoms with van der Waals surface area (Å²) in [5, 5.41) is 0. The van der Waals surface area contributed by atoms with Crippen LogP contribution in [0, 0.1) is 0 Å². The minimum absolute atomic E-state index is 0.0492. The van der Waals surface area contributed by atoms with Gasteiger partial charge in [-0.15, -0.1) is 0 Å². The second kappa shape index (κ2) is 9.90. The molecule has 132 valence electrons. The quantitative estimate of drug-likeness (QED) is 0.313. The number of ether oxygens (including phenoxy) is 1. The topological polar surface area (TPSA) is 90.7 Å². The molecule has 0 bridgehead atoms.